The third-order valence-corrected chi connectivity index (χ3v) is 4.76. The van der Waals surface area contributed by atoms with Gasteiger partial charge in [-0.3, -0.25) is 0 Å². The lowest BCUT2D eigenvalue weighted by molar-refractivity contribution is 0.546. The van der Waals surface area contributed by atoms with Crippen molar-refractivity contribution in [3.8, 4) is 0 Å². The molecule has 18 heavy (non-hydrogen) atoms. The van der Waals surface area contributed by atoms with Crippen molar-refractivity contribution in [3.05, 3.63) is 24.0 Å². The van der Waals surface area contributed by atoms with Gasteiger partial charge >= 0.3 is 0 Å². The van der Waals surface area contributed by atoms with E-state index in [0.29, 0.717) is 0 Å². The highest BCUT2D eigenvalue weighted by Crippen LogP contribution is 2.21. The molecule has 102 valence electrons. The first-order valence-corrected chi connectivity index (χ1v) is 8.28. The van der Waals surface area contributed by atoms with Gasteiger partial charge in [-0.15, -0.1) is 0 Å². The van der Waals surface area contributed by atoms with Crippen molar-refractivity contribution in [3.63, 3.8) is 0 Å². The molecule has 1 atom stereocenters. The molecule has 0 saturated heterocycles. The molecule has 1 unspecified atom stereocenters. The van der Waals surface area contributed by atoms with Crippen molar-refractivity contribution in [1.29, 1.82) is 0 Å². The Bertz CT molecular complexity index is 486. The molecule has 0 fully saturated rings. The molecular weight excluding hydrogens is 275 g/mol. The molecule has 0 spiro atoms. The molecule has 0 aliphatic rings. The summed E-state index contributed by atoms with van der Waals surface area (Å²) in [4.78, 5) is -0.471. The number of nitrogen functional groups attached to an aromatic ring is 1. The standard InChI is InChI=1S/C11H17FN2O2S2/c1-8(7-17-2)6-14-18(15,16)11-9(12)4-3-5-10(11)13/h3-5,8,14H,6-7,13H2,1-2H3. The van der Waals surface area contributed by atoms with E-state index in [1.807, 2.05) is 13.2 Å². The van der Waals surface area contributed by atoms with E-state index in [1.54, 1.807) is 11.8 Å². The molecule has 0 saturated carbocycles. The molecule has 1 rings (SSSR count). The Hall–Kier alpha value is -0.790. The first kappa shape index (κ1) is 15.3. The van der Waals surface area contributed by atoms with Gasteiger partial charge in [0.1, 0.15) is 10.7 Å². The molecule has 0 heterocycles. The lowest BCUT2D eigenvalue weighted by Crippen LogP contribution is -2.30. The van der Waals surface area contributed by atoms with E-state index >= 15 is 0 Å². The second-order valence-corrected chi connectivity index (χ2v) is 6.69. The van der Waals surface area contributed by atoms with Crippen LogP contribution in [0.15, 0.2) is 23.1 Å². The molecular formula is C11H17FN2O2S2. The van der Waals surface area contributed by atoms with Crippen LogP contribution in [0.25, 0.3) is 0 Å². The third kappa shape index (κ3) is 3.86. The number of hydrogen-bond acceptors (Lipinski definition) is 4. The maximum atomic E-state index is 13.5. The van der Waals surface area contributed by atoms with Gasteiger partial charge in [0.15, 0.2) is 0 Å². The smallest absolute Gasteiger partial charge is 0.245 e. The fourth-order valence-corrected chi connectivity index (χ4v) is 3.51. The van der Waals surface area contributed by atoms with Gasteiger partial charge in [0.2, 0.25) is 10.0 Å². The van der Waals surface area contributed by atoms with Crippen molar-refractivity contribution < 1.29 is 12.8 Å². The number of sulfonamides is 1. The van der Waals surface area contributed by atoms with E-state index in [0.717, 1.165) is 11.8 Å². The monoisotopic (exact) mass is 292 g/mol. The van der Waals surface area contributed by atoms with Gasteiger partial charge in [0.05, 0.1) is 5.69 Å². The Kier molecular flexibility index (Phi) is 5.43. The zero-order valence-corrected chi connectivity index (χ0v) is 11.9. The molecule has 7 heteroatoms. The molecule has 0 amide bonds. The average molecular weight is 292 g/mol. The van der Waals surface area contributed by atoms with Crippen molar-refractivity contribution >= 4 is 27.5 Å². The van der Waals surface area contributed by atoms with Crippen LogP contribution in [-0.2, 0) is 10.0 Å². The highest BCUT2D eigenvalue weighted by Gasteiger charge is 2.22. The van der Waals surface area contributed by atoms with Crippen LogP contribution in [0.1, 0.15) is 6.92 Å². The van der Waals surface area contributed by atoms with Crippen LogP contribution in [0.5, 0.6) is 0 Å². The van der Waals surface area contributed by atoms with Crippen molar-refractivity contribution in [1.82, 2.24) is 4.72 Å². The second kappa shape index (κ2) is 6.40. The molecule has 0 aliphatic carbocycles. The number of nitrogens with one attached hydrogen (secondary N) is 1. The van der Waals surface area contributed by atoms with Gasteiger partial charge in [-0.25, -0.2) is 17.5 Å². The van der Waals surface area contributed by atoms with Crippen LogP contribution >= 0.6 is 11.8 Å². The summed E-state index contributed by atoms with van der Waals surface area (Å²) in [5.41, 5.74) is 5.43. The van der Waals surface area contributed by atoms with Crippen LogP contribution in [-0.4, -0.2) is 27.0 Å². The predicted molar refractivity (Wildman–Crippen MR) is 73.5 cm³/mol. The van der Waals surface area contributed by atoms with Gasteiger partial charge in [-0.2, -0.15) is 11.8 Å². The van der Waals surface area contributed by atoms with Crippen LogP contribution in [0.3, 0.4) is 0 Å². The van der Waals surface area contributed by atoms with E-state index in [2.05, 4.69) is 4.72 Å². The van der Waals surface area contributed by atoms with Gasteiger partial charge < -0.3 is 5.73 Å². The minimum absolute atomic E-state index is 0.0833. The Morgan fingerprint density at radius 1 is 1.50 bits per heavy atom. The van der Waals surface area contributed by atoms with Crippen molar-refractivity contribution in [2.75, 3.05) is 24.3 Å². The number of benzene rings is 1. The maximum Gasteiger partial charge on any atom is 0.245 e. The summed E-state index contributed by atoms with van der Waals surface area (Å²) < 4.78 is 39.8. The Labute approximate surface area is 111 Å². The van der Waals surface area contributed by atoms with E-state index in [9.17, 15) is 12.8 Å². The summed E-state index contributed by atoms with van der Waals surface area (Å²) >= 11 is 1.63. The number of nitrogens with two attached hydrogens (primary N) is 1. The lowest BCUT2D eigenvalue weighted by atomic mass is 10.2. The number of halogens is 1. The van der Waals surface area contributed by atoms with Crippen LogP contribution < -0.4 is 10.5 Å². The molecule has 1 aromatic carbocycles. The van der Waals surface area contributed by atoms with E-state index in [-0.39, 0.29) is 18.2 Å². The molecule has 0 aromatic heterocycles. The maximum absolute atomic E-state index is 13.5. The SMILES string of the molecule is CSCC(C)CNS(=O)(=O)c1c(N)cccc1F. The van der Waals surface area contributed by atoms with E-state index < -0.39 is 20.7 Å². The highest BCUT2D eigenvalue weighted by atomic mass is 32.2. The minimum atomic E-state index is -3.89. The lowest BCUT2D eigenvalue weighted by Gasteiger charge is -2.13. The summed E-state index contributed by atoms with van der Waals surface area (Å²) in [5, 5.41) is 0. The predicted octanol–water partition coefficient (Wildman–Crippen LogP) is 1.69. The molecule has 0 bridgehead atoms. The summed E-state index contributed by atoms with van der Waals surface area (Å²) in [5.74, 6) is 0.165. The second-order valence-electron chi connectivity index (χ2n) is 4.07. The number of anilines is 1. The molecule has 3 N–H and O–H groups in total. The van der Waals surface area contributed by atoms with E-state index in [1.165, 1.54) is 12.1 Å². The minimum Gasteiger partial charge on any atom is -0.398 e. The highest BCUT2D eigenvalue weighted by molar-refractivity contribution is 7.98. The van der Waals surface area contributed by atoms with Gasteiger partial charge in [-0.05, 0) is 30.1 Å². The van der Waals surface area contributed by atoms with E-state index in [4.69, 9.17) is 5.73 Å². The Morgan fingerprint density at radius 2 is 2.17 bits per heavy atom. The summed E-state index contributed by atoms with van der Waals surface area (Å²) in [6, 6.07) is 3.82. The normalized spacial score (nSPS) is 13.5. The fraction of sp³-hybridized carbons (Fsp3) is 0.455. The summed E-state index contributed by atoms with van der Waals surface area (Å²) in [7, 11) is -3.89. The zero-order valence-electron chi connectivity index (χ0n) is 10.3. The van der Waals surface area contributed by atoms with Crippen molar-refractivity contribution in [2.45, 2.75) is 11.8 Å². The number of thioether (sulfide) groups is 1. The fourth-order valence-electron chi connectivity index (χ4n) is 1.48. The first-order chi connectivity index (χ1) is 8.38. The largest absolute Gasteiger partial charge is 0.398 e. The quantitative estimate of drug-likeness (QED) is 0.783. The topological polar surface area (TPSA) is 72.2 Å². The zero-order chi connectivity index (χ0) is 13.8. The summed E-state index contributed by atoms with van der Waals surface area (Å²) in [6.45, 7) is 2.18. The number of rotatable bonds is 6. The molecule has 0 aliphatic heterocycles. The molecule has 4 nitrogen and oxygen atoms in total. The number of hydrogen-bond donors (Lipinski definition) is 2. The van der Waals surface area contributed by atoms with Crippen LogP contribution in [0.2, 0.25) is 0 Å². The van der Waals surface area contributed by atoms with Gasteiger partial charge in [-0.1, -0.05) is 13.0 Å². The Morgan fingerprint density at radius 3 is 2.72 bits per heavy atom. The third-order valence-electron chi connectivity index (χ3n) is 2.34. The summed E-state index contributed by atoms with van der Waals surface area (Å²) in [6.07, 6.45) is 1.94. The molecule has 1 aromatic rings. The van der Waals surface area contributed by atoms with Gasteiger partial charge in [0.25, 0.3) is 0 Å². The van der Waals surface area contributed by atoms with Crippen LogP contribution in [0, 0.1) is 11.7 Å². The van der Waals surface area contributed by atoms with Crippen LogP contribution in [0.4, 0.5) is 10.1 Å². The average Bonchev–Trinajstić information content (AvgIpc) is 2.26. The van der Waals surface area contributed by atoms with Gasteiger partial charge in [0, 0.05) is 6.54 Å². The molecule has 0 radical (unpaired) electrons. The first-order valence-electron chi connectivity index (χ1n) is 5.41. The van der Waals surface area contributed by atoms with Crippen molar-refractivity contribution in [2.24, 2.45) is 5.92 Å². The Balaban J connectivity index is 2.87.